The number of oxime groups is 1. The molecule has 1 amide bonds. The van der Waals surface area contributed by atoms with Crippen molar-refractivity contribution in [2.24, 2.45) is 22.2 Å². The van der Waals surface area contributed by atoms with Gasteiger partial charge in [0.25, 0.3) is 0 Å². The Labute approximate surface area is 101 Å². The van der Waals surface area contributed by atoms with E-state index in [0.29, 0.717) is 18.8 Å². The van der Waals surface area contributed by atoms with Crippen LogP contribution in [-0.2, 0) is 4.79 Å². The van der Waals surface area contributed by atoms with Crippen LogP contribution in [0.25, 0.3) is 0 Å². The summed E-state index contributed by atoms with van der Waals surface area (Å²) in [5.74, 6) is 0.664. The van der Waals surface area contributed by atoms with Crippen LogP contribution in [0, 0.1) is 11.3 Å². The van der Waals surface area contributed by atoms with Gasteiger partial charge in [-0.25, -0.2) is 0 Å². The third-order valence-electron chi connectivity index (χ3n) is 3.99. The molecule has 0 aromatic heterocycles. The Morgan fingerprint density at radius 1 is 1.35 bits per heavy atom. The number of amides is 1. The van der Waals surface area contributed by atoms with Crippen molar-refractivity contribution >= 4 is 11.7 Å². The van der Waals surface area contributed by atoms with Crippen LogP contribution in [0.3, 0.4) is 0 Å². The Balaban J connectivity index is 2.04. The molecule has 2 fully saturated rings. The SMILES string of the molecule is NC(=NO)C1(C(=O)NCC2CC2)CCCCC1. The Kier molecular flexibility index (Phi) is 3.54. The van der Waals surface area contributed by atoms with Gasteiger partial charge in [-0.05, 0) is 31.6 Å². The molecule has 2 saturated carbocycles. The molecule has 0 aromatic carbocycles. The van der Waals surface area contributed by atoms with Crippen LogP contribution < -0.4 is 11.1 Å². The van der Waals surface area contributed by atoms with Crippen molar-refractivity contribution < 1.29 is 10.0 Å². The van der Waals surface area contributed by atoms with E-state index >= 15 is 0 Å². The maximum absolute atomic E-state index is 12.3. The highest BCUT2D eigenvalue weighted by Crippen LogP contribution is 2.37. The van der Waals surface area contributed by atoms with Gasteiger partial charge in [0.15, 0.2) is 5.84 Å². The minimum atomic E-state index is -0.762. The van der Waals surface area contributed by atoms with E-state index in [1.54, 1.807) is 0 Å². The monoisotopic (exact) mass is 239 g/mol. The zero-order chi connectivity index (χ0) is 12.3. The summed E-state index contributed by atoms with van der Waals surface area (Å²) in [6, 6.07) is 0. The molecule has 4 N–H and O–H groups in total. The standard InChI is InChI=1S/C12H21N3O2/c13-10(15-17)12(6-2-1-3-7-12)11(16)14-8-9-4-5-9/h9,17H,1-8H2,(H2,13,15)(H,14,16). The lowest BCUT2D eigenvalue weighted by atomic mass is 9.72. The molecule has 2 aliphatic rings. The first-order valence-corrected chi connectivity index (χ1v) is 6.45. The van der Waals surface area contributed by atoms with E-state index < -0.39 is 5.41 Å². The van der Waals surface area contributed by atoms with Crippen LogP contribution in [0.4, 0.5) is 0 Å². The Morgan fingerprint density at radius 2 is 2.00 bits per heavy atom. The Hall–Kier alpha value is -1.26. The summed E-state index contributed by atoms with van der Waals surface area (Å²) >= 11 is 0. The number of carbonyl (C=O) groups is 1. The van der Waals surface area contributed by atoms with Gasteiger partial charge in [0.2, 0.25) is 5.91 Å². The Bertz CT molecular complexity index is 318. The van der Waals surface area contributed by atoms with Crippen molar-refractivity contribution in [3.63, 3.8) is 0 Å². The molecule has 0 unspecified atom stereocenters. The molecule has 0 aliphatic heterocycles. The van der Waals surface area contributed by atoms with E-state index in [-0.39, 0.29) is 11.7 Å². The number of hydrogen-bond acceptors (Lipinski definition) is 3. The molecule has 0 heterocycles. The molecule has 0 aromatic rings. The zero-order valence-electron chi connectivity index (χ0n) is 10.1. The number of carbonyl (C=O) groups excluding carboxylic acids is 1. The van der Waals surface area contributed by atoms with Gasteiger partial charge < -0.3 is 16.3 Å². The van der Waals surface area contributed by atoms with Gasteiger partial charge in [-0.15, -0.1) is 0 Å². The van der Waals surface area contributed by atoms with E-state index in [1.165, 1.54) is 12.8 Å². The number of nitrogens with zero attached hydrogens (tertiary/aromatic N) is 1. The van der Waals surface area contributed by atoms with Gasteiger partial charge in [-0.1, -0.05) is 24.4 Å². The number of amidine groups is 1. The number of rotatable bonds is 4. The smallest absolute Gasteiger partial charge is 0.233 e. The first-order chi connectivity index (χ1) is 8.19. The molecule has 0 radical (unpaired) electrons. The average molecular weight is 239 g/mol. The van der Waals surface area contributed by atoms with Crippen LogP contribution in [0.5, 0.6) is 0 Å². The van der Waals surface area contributed by atoms with Crippen LogP contribution in [-0.4, -0.2) is 23.5 Å². The van der Waals surface area contributed by atoms with Crippen molar-refractivity contribution in [1.29, 1.82) is 0 Å². The highest BCUT2D eigenvalue weighted by atomic mass is 16.4. The minimum Gasteiger partial charge on any atom is -0.409 e. The van der Waals surface area contributed by atoms with Crippen LogP contribution in [0.2, 0.25) is 0 Å². The van der Waals surface area contributed by atoms with E-state index in [4.69, 9.17) is 10.9 Å². The van der Waals surface area contributed by atoms with Crippen molar-refractivity contribution in [1.82, 2.24) is 5.32 Å². The number of hydrogen-bond donors (Lipinski definition) is 3. The van der Waals surface area contributed by atoms with E-state index in [1.807, 2.05) is 0 Å². The van der Waals surface area contributed by atoms with Crippen molar-refractivity contribution in [3.8, 4) is 0 Å². The normalized spacial score (nSPS) is 24.4. The fraction of sp³-hybridized carbons (Fsp3) is 0.833. The lowest BCUT2D eigenvalue weighted by Crippen LogP contribution is -2.51. The first kappa shape index (κ1) is 12.2. The predicted molar refractivity (Wildman–Crippen MR) is 64.7 cm³/mol. The maximum Gasteiger partial charge on any atom is 0.233 e. The lowest BCUT2D eigenvalue weighted by Gasteiger charge is -2.34. The maximum atomic E-state index is 12.3. The molecule has 5 nitrogen and oxygen atoms in total. The quantitative estimate of drug-likeness (QED) is 0.298. The van der Waals surface area contributed by atoms with Gasteiger partial charge in [0, 0.05) is 6.54 Å². The highest BCUT2D eigenvalue weighted by Gasteiger charge is 2.44. The largest absolute Gasteiger partial charge is 0.409 e. The summed E-state index contributed by atoms with van der Waals surface area (Å²) in [7, 11) is 0. The minimum absolute atomic E-state index is 0.0561. The van der Waals surface area contributed by atoms with E-state index in [2.05, 4.69) is 10.5 Å². The molecule has 0 atom stereocenters. The summed E-state index contributed by atoms with van der Waals surface area (Å²) in [5, 5.41) is 14.9. The zero-order valence-corrected chi connectivity index (χ0v) is 10.1. The first-order valence-electron chi connectivity index (χ1n) is 6.45. The topological polar surface area (TPSA) is 87.7 Å². The Morgan fingerprint density at radius 3 is 2.53 bits per heavy atom. The van der Waals surface area contributed by atoms with Gasteiger partial charge in [-0.2, -0.15) is 0 Å². The molecule has 2 aliphatic carbocycles. The molecule has 0 saturated heterocycles. The van der Waals surface area contributed by atoms with Crippen LogP contribution >= 0.6 is 0 Å². The van der Waals surface area contributed by atoms with Crippen LogP contribution in [0.1, 0.15) is 44.9 Å². The fourth-order valence-electron chi connectivity index (χ4n) is 2.58. The van der Waals surface area contributed by atoms with E-state index in [9.17, 15) is 4.79 Å². The third kappa shape index (κ3) is 2.53. The van der Waals surface area contributed by atoms with Crippen LogP contribution in [0.15, 0.2) is 5.16 Å². The second-order valence-electron chi connectivity index (χ2n) is 5.28. The van der Waals surface area contributed by atoms with E-state index in [0.717, 1.165) is 25.8 Å². The summed E-state index contributed by atoms with van der Waals surface area (Å²) in [6.45, 7) is 0.735. The van der Waals surface area contributed by atoms with Crippen molar-refractivity contribution in [3.05, 3.63) is 0 Å². The van der Waals surface area contributed by atoms with Crippen molar-refractivity contribution in [2.45, 2.75) is 44.9 Å². The van der Waals surface area contributed by atoms with Gasteiger partial charge >= 0.3 is 0 Å². The molecule has 0 bridgehead atoms. The second-order valence-corrected chi connectivity index (χ2v) is 5.28. The molecule has 2 rings (SSSR count). The average Bonchev–Trinajstić information content (AvgIpc) is 3.19. The molecular weight excluding hydrogens is 218 g/mol. The third-order valence-corrected chi connectivity index (χ3v) is 3.99. The predicted octanol–water partition coefficient (Wildman–Crippen LogP) is 1.21. The second kappa shape index (κ2) is 4.94. The summed E-state index contributed by atoms with van der Waals surface area (Å²) in [6.07, 6.45) is 6.85. The summed E-state index contributed by atoms with van der Waals surface area (Å²) < 4.78 is 0. The van der Waals surface area contributed by atoms with Gasteiger partial charge in [0.05, 0.1) is 0 Å². The number of nitrogens with two attached hydrogens (primary N) is 1. The van der Waals surface area contributed by atoms with Gasteiger partial charge in [0.1, 0.15) is 5.41 Å². The molecular formula is C12H21N3O2. The number of nitrogens with one attached hydrogen (secondary N) is 1. The van der Waals surface area contributed by atoms with Gasteiger partial charge in [-0.3, -0.25) is 4.79 Å². The fourth-order valence-corrected chi connectivity index (χ4v) is 2.58. The van der Waals surface area contributed by atoms with Crippen molar-refractivity contribution in [2.75, 3.05) is 6.54 Å². The summed E-state index contributed by atoms with van der Waals surface area (Å²) in [5.41, 5.74) is 4.98. The molecule has 17 heavy (non-hydrogen) atoms. The molecule has 5 heteroatoms. The molecule has 96 valence electrons. The highest BCUT2D eigenvalue weighted by molar-refractivity contribution is 6.06. The lowest BCUT2D eigenvalue weighted by molar-refractivity contribution is -0.129. The molecule has 0 spiro atoms. The summed E-state index contributed by atoms with van der Waals surface area (Å²) in [4.78, 5) is 12.3.